The van der Waals surface area contributed by atoms with Crippen LogP contribution < -0.4 is 11.1 Å². The Bertz CT molecular complexity index is 115. The molecule has 0 bridgehead atoms. The molecule has 0 aromatic heterocycles. The molecule has 0 saturated carbocycles. The summed E-state index contributed by atoms with van der Waals surface area (Å²) in [5, 5.41) is 3.34. The molecular formula is C11H27N3. The van der Waals surface area contributed by atoms with Crippen LogP contribution in [-0.4, -0.2) is 44.2 Å². The van der Waals surface area contributed by atoms with Crippen LogP contribution in [0.3, 0.4) is 0 Å². The van der Waals surface area contributed by atoms with E-state index in [2.05, 4.69) is 31.0 Å². The van der Waals surface area contributed by atoms with E-state index in [-0.39, 0.29) is 0 Å². The normalized spacial score (nSPS) is 11.6. The lowest BCUT2D eigenvalue weighted by Crippen LogP contribution is -2.36. The average Bonchev–Trinajstić information content (AvgIpc) is 2.14. The van der Waals surface area contributed by atoms with E-state index in [0.717, 1.165) is 38.6 Å². The van der Waals surface area contributed by atoms with Gasteiger partial charge in [0, 0.05) is 26.2 Å². The van der Waals surface area contributed by atoms with Crippen LogP contribution in [0.5, 0.6) is 0 Å². The van der Waals surface area contributed by atoms with E-state index in [1.54, 1.807) is 0 Å². The van der Waals surface area contributed by atoms with Gasteiger partial charge >= 0.3 is 0 Å². The molecule has 86 valence electrons. The van der Waals surface area contributed by atoms with E-state index in [1.807, 2.05) is 0 Å². The Hall–Kier alpha value is -0.120. The van der Waals surface area contributed by atoms with Crippen LogP contribution >= 0.6 is 0 Å². The predicted octanol–water partition coefficient (Wildman–Crippen LogP) is 0.903. The van der Waals surface area contributed by atoms with Crippen molar-refractivity contribution in [1.82, 2.24) is 10.2 Å². The molecule has 3 N–H and O–H groups in total. The Balaban J connectivity index is 3.54. The highest BCUT2D eigenvalue weighted by Crippen LogP contribution is 2.01. The molecule has 0 rings (SSSR count). The number of nitrogens with one attached hydrogen (secondary N) is 1. The number of likely N-dealkylation sites (N-methyl/N-ethyl adjacent to an activating group) is 1. The SMILES string of the molecule is CCNCCN(CCN)CCC(C)C. The van der Waals surface area contributed by atoms with E-state index < -0.39 is 0 Å². The summed E-state index contributed by atoms with van der Waals surface area (Å²) >= 11 is 0. The Morgan fingerprint density at radius 3 is 2.43 bits per heavy atom. The largest absolute Gasteiger partial charge is 0.329 e. The molecule has 3 heteroatoms. The van der Waals surface area contributed by atoms with Crippen LogP contribution in [0.4, 0.5) is 0 Å². The molecule has 0 radical (unpaired) electrons. The Morgan fingerprint density at radius 1 is 1.21 bits per heavy atom. The van der Waals surface area contributed by atoms with E-state index in [4.69, 9.17) is 5.73 Å². The Kier molecular flexibility index (Phi) is 9.35. The number of hydrogen-bond donors (Lipinski definition) is 2. The van der Waals surface area contributed by atoms with Gasteiger partial charge < -0.3 is 16.0 Å². The van der Waals surface area contributed by atoms with Gasteiger partial charge in [0.15, 0.2) is 0 Å². The fourth-order valence-electron chi connectivity index (χ4n) is 1.37. The number of hydrogen-bond acceptors (Lipinski definition) is 3. The molecular weight excluding hydrogens is 174 g/mol. The van der Waals surface area contributed by atoms with Crippen LogP contribution in [0.15, 0.2) is 0 Å². The minimum absolute atomic E-state index is 0.768. The summed E-state index contributed by atoms with van der Waals surface area (Å²) < 4.78 is 0. The fraction of sp³-hybridized carbons (Fsp3) is 1.00. The van der Waals surface area contributed by atoms with E-state index >= 15 is 0 Å². The highest BCUT2D eigenvalue weighted by atomic mass is 15.1. The molecule has 0 unspecified atom stereocenters. The van der Waals surface area contributed by atoms with Crippen molar-refractivity contribution in [2.75, 3.05) is 39.3 Å². The fourth-order valence-corrected chi connectivity index (χ4v) is 1.37. The molecule has 0 saturated heterocycles. The summed E-state index contributed by atoms with van der Waals surface area (Å²) in [5.74, 6) is 0.786. The number of nitrogens with zero attached hydrogens (tertiary/aromatic N) is 1. The summed E-state index contributed by atoms with van der Waals surface area (Å²) in [6.07, 6.45) is 1.27. The van der Waals surface area contributed by atoms with Crippen LogP contribution in [0.25, 0.3) is 0 Å². The van der Waals surface area contributed by atoms with Gasteiger partial charge in [-0.1, -0.05) is 20.8 Å². The molecule has 0 fully saturated rings. The van der Waals surface area contributed by atoms with Gasteiger partial charge in [-0.05, 0) is 25.4 Å². The van der Waals surface area contributed by atoms with Gasteiger partial charge in [-0.25, -0.2) is 0 Å². The molecule has 0 aromatic rings. The zero-order chi connectivity index (χ0) is 10.8. The van der Waals surface area contributed by atoms with Crippen molar-refractivity contribution in [3.8, 4) is 0 Å². The van der Waals surface area contributed by atoms with Crippen LogP contribution in [0.2, 0.25) is 0 Å². The third kappa shape index (κ3) is 8.48. The summed E-state index contributed by atoms with van der Waals surface area (Å²) in [5.41, 5.74) is 5.58. The zero-order valence-corrected chi connectivity index (χ0v) is 10.1. The van der Waals surface area contributed by atoms with Crippen molar-refractivity contribution < 1.29 is 0 Å². The molecule has 0 heterocycles. The van der Waals surface area contributed by atoms with Crippen LogP contribution in [0.1, 0.15) is 27.2 Å². The van der Waals surface area contributed by atoms with Gasteiger partial charge in [0.2, 0.25) is 0 Å². The highest BCUT2D eigenvalue weighted by Gasteiger charge is 2.04. The monoisotopic (exact) mass is 201 g/mol. The maximum atomic E-state index is 5.58. The first-order chi connectivity index (χ1) is 6.70. The third-order valence-corrected chi connectivity index (χ3v) is 2.32. The lowest BCUT2D eigenvalue weighted by Gasteiger charge is -2.22. The molecule has 0 aromatic carbocycles. The molecule has 0 aliphatic carbocycles. The van der Waals surface area contributed by atoms with Crippen LogP contribution in [-0.2, 0) is 0 Å². The molecule has 0 spiro atoms. The molecule has 14 heavy (non-hydrogen) atoms. The van der Waals surface area contributed by atoms with Gasteiger partial charge in [0.25, 0.3) is 0 Å². The minimum atomic E-state index is 0.768. The second-order valence-electron chi connectivity index (χ2n) is 4.17. The first-order valence-corrected chi connectivity index (χ1v) is 5.83. The van der Waals surface area contributed by atoms with Gasteiger partial charge in [0.1, 0.15) is 0 Å². The topological polar surface area (TPSA) is 41.3 Å². The minimum Gasteiger partial charge on any atom is -0.329 e. The van der Waals surface area contributed by atoms with Gasteiger partial charge in [0.05, 0.1) is 0 Å². The lowest BCUT2D eigenvalue weighted by atomic mass is 10.1. The molecule has 3 nitrogen and oxygen atoms in total. The van der Waals surface area contributed by atoms with Crippen molar-refractivity contribution in [1.29, 1.82) is 0 Å². The van der Waals surface area contributed by atoms with E-state index in [1.165, 1.54) is 13.0 Å². The molecule has 0 atom stereocenters. The third-order valence-electron chi connectivity index (χ3n) is 2.32. The molecule has 0 aliphatic heterocycles. The maximum absolute atomic E-state index is 5.58. The first-order valence-electron chi connectivity index (χ1n) is 5.83. The summed E-state index contributed by atoms with van der Waals surface area (Å²) in [7, 11) is 0. The van der Waals surface area contributed by atoms with Crippen molar-refractivity contribution in [3.05, 3.63) is 0 Å². The highest BCUT2D eigenvalue weighted by molar-refractivity contribution is 4.61. The second kappa shape index (κ2) is 9.44. The second-order valence-corrected chi connectivity index (χ2v) is 4.17. The van der Waals surface area contributed by atoms with Crippen molar-refractivity contribution in [2.24, 2.45) is 11.7 Å². The summed E-state index contributed by atoms with van der Waals surface area (Å²) in [6, 6.07) is 0. The van der Waals surface area contributed by atoms with Gasteiger partial charge in [-0.3, -0.25) is 0 Å². The standard InChI is InChI=1S/C11H27N3/c1-4-13-7-10-14(9-6-12)8-5-11(2)3/h11,13H,4-10,12H2,1-3H3. The van der Waals surface area contributed by atoms with Crippen LogP contribution in [0, 0.1) is 5.92 Å². The van der Waals surface area contributed by atoms with E-state index in [0.29, 0.717) is 0 Å². The van der Waals surface area contributed by atoms with Crippen molar-refractivity contribution in [3.63, 3.8) is 0 Å². The quantitative estimate of drug-likeness (QED) is 0.545. The van der Waals surface area contributed by atoms with Crippen molar-refractivity contribution >= 4 is 0 Å². The maximum Gasteiger partial charge on any atom is 0.0107 e. The summed E-state index contributed by atoms with van der Waals surface area (Å²) in [6.45, 7) is 12.9. The first kappa shape index (κ1) is 13.9. The lowest BCUT2D eigenvalue weighted by molar-refractivity contribution is 0.264. The zero-order valence-electron chi connectivity index (χ0n) is 10.1. The Labute approximate surface area is 89.0 Å². The van der Waals surface area contributed by atoms with Gasteiger partial charge in [-0.15, -0.1) is 0 Å². The number of rotatable bonds is 9. The predicted molar refractivity (Wildman–Crippen MR) is 63.5 cm³/mol. The van der Waals surface area contributed by atoms with E-state index in [9.17, 15) is 0 Å². The Morgan fingerprint density at radius 2 is 1.93 bits per heavy atom. The molecule has 0 aliphatic rings. The summed E-state index contributed by atoms with van der Waals surface area (Å²) in [4.78, 5) is 2.45. The number of nitrogens with two attached hydrogens (primary N) is 1. The average molecular weight is 201 g/mol. The molecule has 0 amide bonds. The smallest absolute Gasteiger partial charge is 0.0107 e. The van der Waals surface area contributed by atoms with Crippen molar-refractivity contribution in [2.45, 2.75) is 27.2 Å². The van der Waals surface area contributed by atoms with Gasteiger partial charge in [-0.2, -0.15) is 0 Å².